The van der Waals surface area contributed by atoms with Crippen molar-refractivity contribution in [1.82, 2.24) is 0 Å². The number of carbonyl (C=O) groups excluding carboxylic acids is 1. The van der Waals surface area contributed by atoms with Crippen LogP contribution in [0.2, 0.25) is 0 Å². The quantitative estimate of drug-likeness (QED) is 0.150. The molecular weight excluding hydrogens is 485 g/mol. The van der Waals surface area contributed by atoms with Gasteiger partial charge in [0.25, 0.3) is 0 Å². The Morgan fingerprint density at radius 3 is 2.18 bits per heavy atom. The second-order valence-electron chi connectivity index (χ2n) is 10.5. The van der Waals surface area contributed by atoms with E-state index in [4.69, 9.17) is 4.74 Å². The average molecular weight is 523 g/mol. The van der Waals surface area contributed by atoms with Crippen LogP contribution in [0.25, 0.3) is 11.1 Å². The lowest BCUT2D eigenvalue weighted by Gasteiger charge is -2.29. The van der Waals surface area contributed by atoms with Crippen LogP contribution in [0.4, 0.5) is 13.2 Å². The van der Waals surface area contributed by atoms with Crippen molar-refractivity contribution in [1.29, 1.82) is 0 Å². The Kier molecular flexibility index (Phi) is 9.65. The van der Waals surface area contributed by atoms with Gasteiger partial charge in [0.1, 0.15) is 11.6 Å². The smallest absolute Gasteiger partial charge is 0.346 e. The SMILES string of the molecule is CCCCCc1ccc(-c2ccc(OC(=O)c3ccc(C4CCC(CCC)CC4)c(F)c3F)cc2)cc1F. The number of hydrogen-bond acceptors (Lipinski definition) is 2. The molecule has 1 saturated carbocycles. The summed E-state index contributed by atoms with van der Waals surface area (Å²) in [6.07, 6.45) is 9.87. The molecule has 2 nitrogen and oxygen atoms in total. The molecule has 0 aliphatic heterocycles. The Labute approximate surface area is 224 Å². The number of aryl methyl sites for hydroxylation is 1. The van der Waals surface area contributed by atoms with E-state index in [1.807, 2.05) is 12.1 Å². The predicted octanol–water partition coefficient (Wildman–Crippen LogP) is 9.80. The molecule has 0 radical (unpaired) electrons. The fraction of sp³-hybridized carbons (Fsp3) is 0.424. The van der Waals surface area contributed by atoms with Crippen LogP contribution in [0.15, 0.2) is 54.6 Å². The number of benzene rings is 3. The normalized spacial score (nSPS) is 17.4. The van der Waals surface area contributed by atoms with E-state index in [2.05, 4.69) is 13.8 Å². The summed E-state index contributed by atoms with van der Waals surface area (Å²) in [5.74, 6) is -2.44. The highest BCUT2D eigenvalue weighted by Crippen LogP contribution is 2.39. The highest BCUT2D eigenvalue weighted by Gasteiger charge is 2.27. The molecule has 1 aliphatic rings. The maximum atomic E-state index is 15.0. The zero-order valence-corrected chi connectivity index (χ0v) is 22.4. The molecule has 0 atom stereocenters. The number of halogens is 3. The number of unbranched alkanes of at least 4 members (excludes halogenated alkanes) is 2. The van der Waals surface area contributed by atoms with Crippen molar-refractivity contribution in [2.45, 2.75) is 84.0 Å². The molecule has 0 aromatic heterocycles. The third-order valence-electron chi connectivity index (χ3n) is 7.82. The minimum atomic E-state index is -1.16. The van der Waals surface area contributed by atoms with Gasteiger partial charge < -0.3 is 4.74 Å². The second-order valence-corrected chi connectivity index (χ2v) is 10.5. The number of rotatable bonds is 10. The van der Waals surface area contributed by atoms with Gasteiger partial charge in [0.2, 0.25) is 0 Å². The molecule has 5 heteroatoms. The third kappa shape index (κ3) is 6.67. The van der Waals surface area contributed by atoms with Gasteiger partial charge in [-0.05, 0) is 96.9 Å². The summed E-state index contributed by atoms with van der Waals surface area (Å²) in [6, 6.07) is 14.6. The van der Waals surface area contributed by atoms with Crippen molar-refractivity contribution in [3.8, 4) is 16.9 Å². The van der Waals surface area contributed by atoms with Gasteiger partial charge in [0.15, 0.2) is 11.6 Å². The number of ether oxygens (including phenoxy) is 1. The van der Waals surface area contributed by atoms with E-state index in [1.54, 1.807) is 24.3 Å². The van der Waals surface area contributed by atoms with Crippen molar-refractivity contribution >= 4 is 5.97 Å². The molecule has 1 aliphatic carbocycles. The Morgan fingerprint density at radius 2 is 1.53 bits per heavy atom. The number of esters is 1. The zero-order valence-electron chi connectivity index (χ0n) is 22.4. The van der Waals surface area contributed by atoms with Crippen molar-refractivity contribution in [2.75, 3.05) is 0 Å². The summed E-state index contributed by atoms with van der Waals surface area (Å²) in [6.45, 7) is 4.28. The standard InChI is InChI=1S/C33H37F3O2/c1-3-5-6-8-25-13-14-26(21-30(25)34)23-15-17-27(18-16-23)38-33(37)29-20-19-28(31(35)32(29)36)24-11-9-22(7-4-2)10-12-24/h13-22,24H,3-12H2,1-2H3. The molecule has 0 spiro atoms. The zero-order chi connectivity index (χ0) is 27.1. The molecule has 4 rings (SSSR count). The Bertz CT molecular complexity index is 1230. The van der Waals surface area contributed by atoms with Gasteiger partial charge >= 0.3 is 5.97 Å². The number of hydrogen-bond donors (Lipinski definition) is 0. The molecular formula is C33H37F3O2. The fourth-order valence-electron chi connectivity index (χ4n) is 5.58. The predicted molar refractivity (Wildman–Crippen MR) is 146 cm³/mol. The van der Waals surface area contributed by atoms with E-state index in [9.17, 15) is 18.0 Å². The maximum absolute atomic E-state index is 15.0. The van der Waals surface area contributed by atoms with E-state index < -0.39 is 23.2 Å². The van der Waals surface area contributed by atoms with E-state index in [0.717, 1.165) is 56.9 Å². The van der Waals surface area contributed by atoms with Crippen LogP contribution < -0.4 is 4.74 Å². The van der Waals surface area contributed by atoms with Gasteiger partial charge in [0, 0.05) is 0 Å². The molecule has 1 fully saturated rings. The van der Waals surface area contributed by atoms with Crippen LogP contribution in [0.1, 0.15) is 99.0 Å². The summed E-state index contributed by atoms with van der Waals surface area (Å²) in [7, 11) is 0. The van der Waals surface area contributed by atoms with Gasteiger partial charge in [0.05, 0.1) is 5.56 Å². The molecule has 0 amide bonds. The lowest BCUT2D eigenvalue weighted by molar-refractivity contribution is 0.0728. The first-order chi connectivity index (χ1) is 18.4. The first-order valence-electron chi connectivity index (χ1n) is 14.0. The van der Waals surface area contributed by atoms with Gasteiger partial charge in [-0.2, -0.15) is 0 Å². The van der Waals surface area contributed by atoms with Crippen LogP contribution in [-0.2, 0) is 6.42 Å². The van der Waals surface area contributed by atoms with Crippen molar-refractivity contribution in [2.24, 2.45) is 5.92 Å². The van der Waals surface area contributed by atoms with Gasteiger partial charge in [-0.3, -0.25) is 0 Å². The first kappa shape index (κ1) is 27.9. The van der Waals surface area contributed by atoms with Gasteiger partial charge in [-0.15, -0.1) is 0 Å². The summed E-state index contributed by atoms with van der Waals surface area (Å²) >= 11 is 0. The second kappa shape index (κ2) is 13.1. The summed E-state index contributed by atoms with van der Waals surface area (Å²) < 4.78 is 49.7. The van der Waals surface area contributed by atoms with Gasteiger partial charge in [-0.1, -0.05) is 69.9 Å². The van der Waals surface area contributed by atoms with E-state index in [1.165, 1.54) is 24.6 Å². The van der Waals surface area contributed by atoms with Crippen LogP contribution in [0.5, 0.6) is 5.75 Å². The molecule has 0 saturated heterocycles. The molecule has 202 valence electrons. The molecule has 0 heterocycles. The Balaban J connectivity index is 1.40. The van der Waals surface area contributed by atoms with Crippen molar-refractivity contribution < 1.29 is 22.7 Å². The molecule has 0 bridgehead atoms. The molecule has 0 N–H and O–H groups in total. The fourth-order valence-corrected chi connectivity index (χ4v) is 5.58. The lowest BCUT2D eigenvalue weighted by Crippen LogP contribution is -2.17. The first-order valence-corrected chi connectivity index (χ1v) is 14.0. The molecule has 38 heavy (non-hydrogen) atoms. The topological polar surface area (TPSA) is 26.3 Å². The van der Waals surface area contributed by atoms with Crippen LogP contribution in [0.3, 0.4) is 0 Å². The summed E-state index contributed by atoms with van der Waals surface area (Å²) in [5, 5.41) is 0. The Morgan fingerprint density at radius 1 is 0.816 bits per heavy atom. The summed E-state index contributed by atoms with van der Waals surface area (Å²) in [5.41, 5.74) is 2.11. The average Bonchev–Trinajstić information content (AvgIpc) is 2.92. The monoisotopic (exact) mass is 522 g/mol. The highest BCUT2D eigenvalue weighted by atomic mass is 19.2. The number of carbonyl (C=O) groups is 1. The largest absolute Gasteiger partial charge is 0.423 e. The lowest BCUT2D eigenvalue weighted by atomic mass is 9.77. The third-order valence-corrected chi connectivity index (χ3v) is 7.82. The van der Waals surface area contributed by atoms with Crippen LogP contribution >= 0.6 is 0 Å². The van der Waals surface area contributed by atoms with E-state index >= 15 is 0 Å². The van der Waals surface area contributed by atoms with Crippen molar-refractivity contribution in [3.05, 3.63) is 88.7 Å². The highest BCUT2D eigenvalue weighted by molar-refractivity contribution is 5.91. The van der Waals surface area contributed by atoms with Crippen LogP contribution in [-0.4, -0.2) is 5.97 Å². The maximum Gasteiger partial charge on any atom is 0.346 e. The van der Waals surface area contributed by atoms with E-state index in [-0.39, 0.29) is 17.5 Å². The molecule has 0 unspecified atom stereocenters. The minimum Gasteiger partial charge on any atom is -0.423 e. The molecule has 3 aromatic carbocycles. The van der Waals surface area contributed by atoms with Crippen molar-refractivity contribution in [3.63, 3.8) is 0 Å². The van der Waals surface area contributed by atoms with Gasteiger partial charge in [-0.25, -0.2) is 18.0 Å². The summed E-state index contributed by atoms with van der Waals surface area (Å²) in [4.78, 5) is 12.7. The van der Waals surface area contributed by atoms with E-state index in [0.29, 0.717) is 29.0 Å². The molecule has 3 aromatic rings. The minimum absolute atomic E-state index is 0.0227. The van der Waals surface area contributed by atoms with Crippen LogP contribution in [0, 0.1) is 23.4 Å². The Hall–Kier alpha value is -3.08.